The SMILES string of the molecule is CN1CCc2[nH]c3c(=O)n(C)ccc3c2CC1. The van der Waals surface area contributed by atoms with E-state index in [0.29, 0.717) is 0 Å². The minimum Gasteiger partial charge on any atom is -0.354 e. The van der Waals surface area contributed by atoms with Crippen LogP contribution in [0.2, 0.25) is 0 Å². The number of nitrogens with one attached hydrogen (secondary N) is 1. The normalized spacial score (nSPS) is 17.1. The molecule has 1 aliphatic heterocycles. The van der Waals surface area contributed by atoms with Crippen LogP contribution in [0, 0.1) is 0 Å². The highest BCUT2D eigenvalue weighted by Crippen LogP contribution is 2.23. The number of H-pyrrole nitrogens is 1. The summed E-state index contributed by atoms with van der Waals surface area (Å²) in [5, 5.41) is 1.11. The van der Waals surface area contributed by atoms with E-state index in [-0.39, 0.29) is 5.56 Å². The number of likely N-dealkylation sites (N-methyl/N-ethyl adjacent to an activating group) is 1. The molecule has 0 saturated carbocycles. The number of aryl methyl sites for hydroxylation is 1. The Hall–Kier alpha value is -1.55. The predicted molar refractivity (Wildman–Crippen MR) is 68.4 cm³/mol. The van der Waals surface area contributed by atoms with E-state index in [4.69, 9.17) is 0 Å². The minimum absolute atomic E-state index is 0.0731. The van der Waals surface area contributed by atoms with Gasteiger partial charge in [-0.2, -0.15) is 0 Å². The van der Waals surface area contributed by atoms with Crippen molar-refractivity contribution in [2.75, 3.05) is 20.1 Å². The van der Waals surface area contributed by atoms with Crippen molar-refractivity contribution in [2.24, 2.45) is 7.05 Å². The van der Waals surface area contributed by atoms with Crippen LogP contribution in [0.5, 0.6) is 0 Å². The van der Waals surface area contributed by atoms with E-state index in [2.05, 4.69) is 23.0 Å². The molecular formula is C13H17N3O. The fourth-order valence-corrected chi connectivity index (χ4v) is 2.61. The number of hydrogen-bond acceptors (Lipinski definition) is 2. The Morgan fingerprint density at radius 3 is 2.82 bits per heavy atom. The highest BCUT2D eigenvalue weighted by molar-refractivity contribution is 5.83. The van der Waals surface area contributed by atoms with Crippen molar-refractivity contribution in [3.05, 3.63) is 33.9 Å². The van der Waals surface area contributed by atoms with Gasteiger partial charge in [0, 0.05) is 43.8 Å². The van der Waals surface area contributed by atoms with Crippen LogP contribution in [0.4, 0.5) is 0 Å². The first kappa shape index (κ1) is 10.6. The Bertz CT molecular complexity index is 623. The van der Waals surface area contributed by atoms with Crippen molar-refractivity contribution < 1.29 is 0 Å². The molecule has 2 aromatic rings. The van der Waals surface area contributed by atoms with Crippen molar-refractivity contribution >= 4 is 10.9 Å². The first-order valence-electron chi connectivity index (χ1n) is 6.04. The average Bonchev–Trinajstić information content (AvgIpc) is 2.57. The van der Waals surface area contributed by atoms with Gasteiger partial charge in [0.2, 0.25) is 0 Å². The van der Waals surface area contributed by atoms with E-state index in [1.807, 2.05) is 6.20 Å². The molecule has 3 heterocycles. The summed E-state index contributed by atoms with van der Waals surface area (Å²) in [5.41, 5.74) is 3.42. The summed E-state index contributed by atoms with van der Waals surface area (Å²) in [6.45, 7) is 2.12. The van der Waals surface area contributed by atoms with Crippen LogP contribution in [0.1, 0.15) is 11.3 Å². The summed E-state index contributed by atoms with van der Waals surface area (Å²) in [5.74, 6) is 0. The lowest BCUT2D eigenvalue weighted by Crippen LogP contribution is -2.21. The highest BCUT2D eigenvalue weighted by atomic mass is 16.1. The summed E-state index contributed by atoms with van der Waals surface area (Å²) in [6.07, 6.45) is 3.88. The maximum atomic E-state index is 12.0. The topological polar surface area (TPSA) is 41.0 Å². The van der Waals surface area contributed by atoms with Gasteiger partial charge in [-0.1, -0.05) is 0 Å². The molecule has 0 amide bonds. The van der Waals surface area contributed by atoms with Crippen LogP contribution >= 0.6 is 0 Å². The molecule has 4 heteroatoms. The largest absolute Gasteiger partial charge is 0.354 e. The first-order valence-corrected chi connectivity index (χ1v) is 6.04. The third-order valence-electron chi connectivity index (χ3n) is 3.72. The first-order chi connectivity index (χ1) is 8.16. The van der Waals surface area contributed by atoms with Gasteiger partial charge in [0.25, 0.3) is 5.56 Å². The zero-order valence-corrected chi connectivity index (χ0v) is 10.3. The van der Waals surface area contributed by atoms with Crippen LogP contribution in [0.25, 0.3) is 10.9 Å². The summed E-state index contributed by atoms with van der Waals surface area (Å²) >= 11 is 0. The molecule has 17 heavy (non-hydrogen) atoms. The highest BCUT2D eigenvalue weighted by Gasteiger charge is 2.17. The average molecular weight is 231 g/mol. The lowest BCUT2D eigenvalue weighted by Gasteiger charge is -2.11. The Balaban J connectivity index is 2.24. The predicted octanol–water partition coefficient (Wildman–Crippen LogP) is 0.897. The molecule has 2 aromatic heterocycles. The Kier molecular flexibility index (Phi) is 2.33. The molecule has 0 saturated heterocycles. The van der Waals surface area contributed by atoms with E-state index in [1.54, 1.807) is 11.6 Å². The Morgan fingerprint density at radius 1 is 1.24 bits per heavy atom. The Morgan fingerprint density at radius 2 is 2.00 bits per heavy atom. The lowest BCUT2D eigenvalue weighted by atomic mass is 10.1. The summed E-state index contributed by atoms with van der Waals surface area (Å²) < 4.78 is 1.63. The molecule has 0 aliphatic carbocycles. The molecule has 0 aromatic carbocycles. The monoisotopic (exact) mass is 231 g/mol. The van der Waals surface area contributed by atoms with Crippen LogP contribution in [-0.4, -0.2) is 34.6 Å². The number of fused-ring (bicyclic) bond motifs is 3. The van der Waals surface area contributed by atoms with Crippen LogP contribution in [0.3, 0.4) is 0 Å². The van der Waals surface area contributed by atoms with Gasteiger partial charge < -0.3 is 14.5 Å². The molecule has 1 aliphatic rings. The summed E-state index contributed by atoms with van der Waals surface area (Å²) in [4.78, 5) is 17.7. The van der Waals surface area contributed by atoms with Crippen molar-refractivity contribution in [1.82, 2.24) is 14.5 Å². The number of nitrogens with zero attached hydrogens (tertiary/aromatic N) is 2. The molecular weight excluding hydrogens is 214 g/mol. The standard InChI is InChI=1S/C13H17N3O/c1-15-6-3-9-10-4-8-16(2)13(17)12(10)14-11(9)5-7-15/h4,8,14H,3,5-7H2,1-2H3. The molecule has 0 spiro atoms. The van der Waals surface area contributed by atoms with Gasteiger partial charge in [-0.3, -0.25) is 4.79 Å². The molecule has 0 unspecified atom stereocenters. The van der Waals surface area contributed by atoms with E-state index in [1.165, 1.54) is 11.3 Å². The smallest absolute Gasteiger partial charge is 0.274 e. The zero-order chi connectivity index (χ0) is 12.0. The molecule has 0 fully saturated rings. The van der Waals surface area contributed by atoms with Gasteiger partial charge in [0.1, 0.15) is 5.52 Å². The quantitative estimate of drug-likeness (QED) is 0.732. The Labute approximate surface area is 99.9 Å². The van der Waals surface area contributed by atoms with E-state index >= 15 is 0 Å². The van der Waals surface area contributed by atoms with Crippen LogP contribution in [-0.2, 0) is 19.9 Å². The van der Waals surface area contributed by atoms with Crippen molar-refractivity contribution in [3.63, 3.8) is 0 Å². The number of pyridine rings is 1. The number of aromatic nitrogens is 2. The fraction of sp³-hybridized carbons (Fsp3) is 0.462. The van der Waals surface area contributed by atoms with Gasteiger partial charge in [-0.05, 0) is 25.1 Å². The third-order valence-corrected chi connectivity index (χ3v) is 3.72. The maximum Gasteiger partial charge on any atom is 0.274 e. The van der Waals surface area contributed by atoms with Gasteiger partial charge >= 0.3 is 0 Å². The minimum atomic E-state index is 0.0731. The molecule has 90 valence electrons. The second kappa shape index (κ2) is 3.74. The molecule has 0 atom stereocenters. The number of aromatic amines is 1. The van der Waals surface area contributed by atoms with Crippen molar-refractivity contribution in [3.8, 4) is 0 Å². The van der Waals surface area contributed by atoms with E-state index in [9.17, 15) is 4.79 Å². The van der Waals surface area contributed by atoms with Crippen molar-refractivity contribution in [2.45, 2.75) is 12.8 Å². The fourth-order valence-electron chi connectivity index (χ4n) is 2.61. The van der Waals surface area contributed by atoms with Gasteiger partial charge in [0.15, 0.2) is 0 Å². The molecule has 3 rings (SSSR count). The maximum absolute atomic E-state index is 12.0. The molecule has 0 radical (unpaired) electrons. The summed E-state index contributed by atoms with van der Waals surface area (Å²) in [7, 11) is 3.94. The van der Waals surface area contributed by atoms with Gasteiger partial charge in [-0.25, -0.2) is 0 Å². The van der Waals surface area contributed by atoms with E-state index < -0.39 is 0 Å². The van der Waals surface area contributed by atoms with Crippen LogP contribution in [0.15, 0.2) is 17.1 Å². The van der Waals surface area contributed by atoms with Crippen molar-refractivity contribution in [1.29, 1.82) is 0 Å². The second-order valence-corrected chi connectivity index (χ2v) is 4.91. The van der Waals surface area contributed by atoms with Crippen LogP contribution < -0.4 is 5.56 Å². The molecule has 4 nitrogen and oxygen atoms in total. The van der Waals surface area contributed by atoms with Gasteiger partial charge in [0.05, 0.1) is 0 Å². The molecule has 1 N–H and O–H groups in total. The van der Waals surface area contributed by atoms with Gasteiger partial charge in [-0.15, -0.1) is 0 Å². The number of rotatable bonds is 0. The number of hydrogen-bond donors (Lipinski definition) is 1. The van der Waals surface area contributed by atoms with E-state index in [0.717, 1.165) is 36.8 Å². The summed E-state index contributed by atoms with van der Waals surface area (Å²) in [6, 6.07) is 2.05. The lowest BCUT2D eigenvalue weighted by molar-refractivity contribution is 0.352. The molecule has 0 bridgehead atoms. The second-order valence-electron chi connectivity index (χ2n) is 4.91. The zero-order valence-electron chi connectivity index (χ0n) is 10.3. The third kappa shape index (κ3) is 1.60.